The maximum atomic E-state index is 12.8. The zero-order chi connectivity index (χ0) is 49.3. The molecule has 6 nitrogen and oxygen atoms in total. The fourth-order valence-electron chi connectivity index (χ4n) is 7.80. The minimum atomic E-state index is -0.789. The third-order valence-corrected chi connectivity index (χ3v) is 12.1. The van der Waals surface area contributed by atoms with Gasteiger partial charge in [-0.15, -0.1) is 0 Å². The molecule has 0 saturated carbocycles. The lowest BCUT2D eigenvalue weighted by molar-refractivity contribution is -0.167. The first-order chi connectivity index (χ1) is 33.5. The van der Waals surface area contributed by atoms with Crippen LogP contribution in [0.3, 0.4) is 0 Å². The van der Waals surface area contributed by atoms with Gasteiger partial charge in [-0.05, 0) is 109 Å². The molecule has 0 heterocycles. The van der Waals surface area contributed by atoms with E-state index >= 15 is 0 Å². The molecule has 0 amide bonds. The normalized spacial score (nSPS) is 12.7. The van der Waals surface area contributed by atoms with Gasteiger partial charge in [0.15, 0.2) is 6.10 Å². The van der Waals surface area contributed by atoms with Gasteiger partial charge in [0.2, 0.25) is 0 Å². The molecule has 0 aromatic rings. The van der Waals surface area contributed by atoms with Crippen LogP contribution >= 0.6 is 0 Å². The molecule has 1 unspecified atom stereocenters. The molecule has 0 aliphatic rings. The lowest BCUT2D eigenvalue weighted by Gasteiger charge is -2.18. The number of ether oxygens (including phenoxy) is 3. The molecule has 0 fully saturated rings. The third-order valence-electron chi connectivity index (χ3n) is 12.1. The van der Waals surface area contributed by atoms with Crippen LogP contribution in [0, 0.1) is 0 Å². The Morgan fingerprint density at radius 3 is 0.956 bits per heavy atom. The van der Waals surface area contributed by atoms with Crippen LogP contribution in [0.1, 0.15) is 271 Å². The summed E-state index contributed by atoms with van der Waals surface area (Å²) in [5, 5.41) is 0. The van der Waals surface area contributed by atoms with Crippen molar-refractivity contribution in [1.82, 2.24) is 0 Å². The number of unbranched alkanes of at least 4 members (excludes halogenated alkanes) is 26. The van der Waals surface area contributed by atoms with Crippen LogP contribution in [-0.4, -0.2) is 37.2 Å². The molecule has 0 spiro atoms. The first kappa shape index (κ1) is 64.6. The predicted octanol–water partition coefficient (Wildman–Crippen LogP) is 19.2. The van der Waals surface area contributed by atoms with Gasteiger partial charge in [-0.3, -0.25) is 14.4 Å². The number of carbonyl (C=O) groups is 3. The van der Waals surface area contributed by atoms with Crippen LogP contribution in [0.25, 0.3) is 0 Å². The van der Waals surface area contributed by atoms with E-state index in [2.05, 4.69) is 106 Å². The van der Waals surface area contributed by atoms with Crippen molar-refractivity contribution in [3.05, 3.63) is 85.1 Å². The minimum Gasteiger partial charge on any atom is -0.462 e. The Bertz CT molecular complexity index is 1320. The number of esters is 3. The maximum Gasteiger partial charge on any atom is 0.306 e. The highest BCUT2D eigenvalue weighted by Crippen LogP contribution is 2.14. The van der Waals surface area contributed by atoms with Crippen LogP contribution in [0.2, 0.25) is 0 Å². The summed E-state index contributed by atoms with van der Waals surface area (Å²) in [6.45, 7) is 6.47. The lowest BCUT2D eigenvalue weighted by Crippen LogP contribution is -2.30. The van der Waals surface area contributed by atoms with E-state index in [0.717, 1.165) is 116 Å². The second kappa shape index (κ2) is 56.2. The molecule has 68 heavy (non-hydrogen) atoms. The fourth-order valence-corrected chi connectivity index (χ4v) is 7.80. The van der Waals surface area contributed by atoms with E-state index in [1.165, 1.54) is 116 Å². The standard InChI is InChI=1S/C62H106O6/c1-4-7-10-13-16-19-22-24-26-28-29-30-31-32-33-34-36-37-40-43-46-49-52-55-61(64)67-58-59(57-66-60(63)54-51-48-45-42-39-21-18-15-12-9-6-3)68-62(65)56-53-50-47-44-41-38-35-27-25-23-20-17-14-11-8-5-2/h7,10,15-16,18-19,24,26-27,29-30,32-33,35,59H,4-6,8-9,11-14,17,20-23,25,28,31,34,36-58H2,1-3H3/b10-7-,18-15-,19-16-,26-24-,30-29-,33-32-,35-27-. The molecule has 0 radical (unpaired) electrons. The zero-order valence-corrected chi connectivity index (χ0v) is 44.6. The largest absolute Gasteiger partial charge is 0.462 e. The Morgan fingerprint density at radius 1 is 0.309 bits per heavy atom. The van der Waals surface area contributed by atoms with Gasteiger partial charge in [-0.25, -0.2) is 0 Å². The van der Waals surface area contributed by atoms with Gasteiger partial charge in [0, 0.05) is 19.3 Å². The van der Waals surface area contributed by atoms with Crippen LogP contribution in [0.4, 0.5) is 0 Å². The van der Waals surface area contributed by atoms with E-state index in [1.807, 2.05) is 0 Å². The molecule has 1 atom stereocenters. The lowest BCUT2D eigenvalue weighted by atomic mass is 10.1. The minimum absolute atomic E-state index is 0.0875. The van der Waals surface area contributed by atoms with Crippen molar-refractivity contribution in [2.45, 2.75) is 277 Å². The number of hydrogen-bond acceptors (Lipinski definition) is 6. The smallest absolute Gasteiger partial charge is 0.306 e. The average molecular weight is 948 g/mol. The summed E-state index contributed by atoms with van der Waals surface area (Å²) in [7, 11) is 0. The molecular weight excluding hydrogens is 841 g/mol. The first-order valence-corrected chi connectivity index (χ1v) is 28.6. The Balaban J connectivity index is 4.35. The summed E-state index contributed by atoms with van der Waals surface area (Å²) in [4.78, 5) is 38.1. The van der Waals surface area contributed by atoms with Crippen LogP contribution in [0.5, 0.6) is 0 Å². The van der Waals surface area contributed by atoms with Crippen molar-refractivity contribution in [3.8, 4) is 0 Å². The van der Waals surface area contributed by atoms with Gasteiger partial charge in [0.25, 0.3) is 0 Å². The van der Waals surface area contributed by atoms with E-state index in [1.54, 1.807) is 0 Å². The average Bonchev–Trinajstić information content (AvgIpc) is 3.34. The predicted molar refractivity (Wildman–Crippen MR) is 293 cm³/mol. The highest BCUT2D eigenvalue weighted by Gasteiger charge is 2.19. The highest BCUT2D eigenvalue weighted by atomic mass is 16.6. The summed E-state index contributed by atoms with van der Waals surface area (Å²) in [6, 6.07) is 0. The van der Waals surface area contributed by atoms with E-state index in [0.29, 0.717) is 19.3 Å². The summed E-state index contributed by atoms with van der Waals surface area (Å²) in [5.74, 6) is -0.912. The van der Waals surface area contributed by atoms with Crippen molar-refractivity contribution < 1.29 is 28.6 Å². The van der Waals surface area contributed by atoms with Gasteiger partial charge in [0.1, 0.15) is 13.2 Å². The first-order valence-electron chi connectivity index (χ1n) is 28.6. The highest BCUT2D eigenvalue weighted by molar-refractivity contribution is 5.71. The molecule has 0 aromatic heterocycles. The zero-order valence-electron chi connectivity index (χ0n) is 44.6. The summed E-state index contributed by atoms with van der Waals surface area (Å²) >= 11 is 0. The molecule has 0 aliphatic heterocycles. The molecule has 0 aromatic carbocycles. The van der Waals surface area contributed by atoms with E-state index < -0.39 is 6.10 Å². The molecule has 0 bridgehead atoms. The molecule has 390 valence electrons. The Kier molecular flexibility index (Phi) is 53.4. The molecule has 0 aliphatic carbocycles. The summed E-state index contributed by atoms with van der Waals surface area (Å²) < 4.78 is 16.8. The van der Waals surface area contributed by atoms with E-state index in [9.17, 15) is 14.4 Å². The van der Waals surface area contributed by atoms with Crippen molar-refractivity contribution in [2.24, 2.45) is 0 Å². The number of carbonyl (C=O) groups excluding carboxylic acids is 3. The molecule has 0 N–H and O–H groups in total. The van der Waals surface area contributed by atoms with Crippen LogP contribution in [0.15, 0.2) is 85.1 Å². The van der Waals surface area contributed by atoms with Gasteiger partial charge in [-0.2, -0.15) is 0 Å². The van der Waals surface area contributed by atoms with Gasteiger partial charge < -0.3 is 14.2 Å². The second-order valence-electron chi connectivity index (χ2n) is 18.8. The molecular formula is C62H106O6. The quantitative estimate of drug-likeness (QED) is 0.0262. The molecule has 0 saturated heterocycles. The van der Waals surface area contributed by atoms with E-state index in [-0.39, 0.29) is 31.1 Å². The van der Waals surface area contributed by atoms with Crippen molar-refractivity contribution in [2.75, 3.05) is 13.2 Å². The summed E-state index contributed by atoms with van der Waals surface area (Å²) in [6.07, 6.45) is 72.9. The SMILES string of the molecule is CC/C=C\C/C=C\C/C=C\C/C=C\C/C=C\CCCCCCCCCC(=O)OCC(COC(=O)CCCCCCC/C=C\CCCC)OC(=O)CCCCCCC/C=C\CCCCCCCCC. The second-order valence-corrected chi connectivity index (χ2v) is 18.8. The van der Waals surface area contributed by atoms with E-state index in [4.69, 9.17) is 14.2 Å². The van der Waals surface area contributed by atoms with Gasteiger partial charge in [-0.1, -0.05) is 228 Å². The Morgan fingerprint density at radius 2 is 0.588 bits per heavy atom. The molecule has 6 heteroatoms. The van der Waals surface area contributed by atoms with Gasteiger partial charge in [0.05, 0.1) is 0 Å². The monoisotopic (exact) mass is 947 g/mol. The summed E-state index contributed by atoms with van der Waals surface area (Å²) in [5.41, 5.74) is 0. The van der Waals surface area contributed by atoms with Crippen molar-refractivity contribution >= 4 is 17.9 Å². The van der Waals surface area contributed by atoms with Crippen LogP contribution < -0.4 is 0 Å². The topological polar surface area (TPSA) is 78.9 Å². The van der Waals surface area contributed by atoms with Crippen LogP contribution in [-0.2, 0) is 28.6 Å². The van der Waals surface area contributed by atoms with Gasteiger partial charge >= 0.3 is 17.9 Å². The number of rotatable bonds is 51. The Labute approximate surface area is 420 Å². The van der Waals surface area contributed by atoms with Crippen molar-refractivity contribution in [1.29, 1.82) is 0 Å². The number of allylic oxidation sites excluding steroid dienone is 14. The Hall–Kier alpha value is -3.41. The molecule has 0 rings (SSSR count). The number of hydrogen-bond donors (Lipinski definition) is 0. The fraction of sp³-hybridized carbons (Fsp3) is 0.726. The maximum absolute atomic E-state index is 12.8. The third kappa shape index (κ3) is 53.5. The van der Waals surface area contributed by atoms with Crippen molar-refractivity contribution in [3.63, 3.8) is 0 Å².